The number of rotatable bonds is 29. The Kier molecular flexibility index (Phi) is 34.3. The second-order valence-corrected chi connectivity index (χ2v) is 17.4. The van der Waals surface area contributed by atoms with Crippen molar-refractivity contribution in [1.29, 1.82) is 0 Å². The van der Waals surface area contributed by atoms with Gasteiger partial charge in [0.05, 0.1) is 5.56 Å². The molecule has 5 rings (SSSR count). The zero-order chi connectivity index (χ0) is 54.5. The lowest BCUT2D eigenvalue weighted by atomic mass is 10.0. The van der Waals surface area contributed by atoms with Crippen molar-refractivity contribution in [3.63, 3.8) is 0 Å². The van der Waals surface area contributed by atoms with Crippen LogP contribution in [0.25, 0.3) is 11.1 Å². The molecule has 0 bridgehead atoms. The van der Waals surface area contributed by atoms with Crippen molar-refractivity contribution in [3.8, 4) is 22.6 Å². The molecule has 2 unspecified atom stereocenters. The van der Waals surface area contributed by atoms with E-state index in [1.807, 2.05) is 18.2 Å². The molecule has 0 aromatic heterocycles. The minimum atomic E-state index is -4.50. The van der Waals surface area contributed by atoms with E-state index in [0.29, 0.717) is 37.0 Å². The maximum Gasteiger partial charge on any atom is 0.416 e. The number of allylic oxidation sites excluding steroid dienone is 24. The number of esters is 2. The van der Waals surface area contributed by atoms with E-state index in [2.05, 4.69) is 141 Å². The number of benzene rings is 3. The van der Waals surface area contributed by atoms with Gasteiger partial charge in [-0.1, -0.05) is 181 Å². The molecule has 2 heterocycles. The predicted molar refractivity (Wildman–Crippen MR) is 311 cm³/mol. The highest BCUT2D eigenvalue weighted by atomic mass is 19.4. The van der Waals surface area contributed by atoms with Crippen LogP contribution in [0.2, 0.25) is 0 Å². The summed E-state index contributed by atoms with van der Waals surface area (Å²) in [5.74, 6) is -2.23. The second-order valence-electron chi connectivity index (χ2n) is 17.4. The summed E-state index contributed by atoms with van der Waals surface area (Å²) in [5, 5.41) is 0. The van der Waals surface area contributed by atoms with E-state index in [1.54, 1.807) is 12.1 Å². The molecule has 2 atom stereocenters. The zero-order valence-electron chi connectivity index (χ0n) is 43.9. The summed E-state index contributed by atoms with van der Waals surface area (Å²) in [6.07, 6.45) is 58.8. The number of carbonyl (C=O) groups excluding carboxylic acids is 2. The van der Waals surface area contributed by atoms with Crippen LogP contribution in [0.4, 0.5) is 22.0 Å². The van der Waals surface area contributed by atoms with E-state index in [0.717, 1.165) is 101 Å². The molecular weight excluding hydrogens is 996 g/mol. The maximum absolute atomic E-state index is 14.1. The number of carbonyl (C=O) groups is 2. The van der Waals surface area contributed by atoms with E-state index < -0.39 is 47.9 Å². The third-order valence-corrected chi connectivity index (χ3v) is 11.3. The Hall–Kier alpha value is -7.27. The Bertz CT molecular complexity index is 2600. The van der Waals surface area contributed by atoms with Crippen LogP contribution in [0.1, 0.15) is 158 Å². The highest BCUT2D eigenvalue weighted by Crippen LogP contribution is 2.36. The normalized spacial score (nSPS) is 15.8. The molecule has 420 valence electrons. The van der Waals surface area contributed by atoms with E-state index in [4.69, 9.17) is 18.9 Å². The average Bonchev–Trinajstić information content (AvgIpc) is 3.40. The third kappa shape index (κ3) is 27.2. The first-order chi connectivity index (χ1) is 37.0. The summed E-state index contributed by atoms with van der Waals surface area (Å²) in [6.45, 7) is 4.27. The summed E-state index contributed by atoms with van der Waals surface area (Å²) in [6, 6.07) is 10.9. The largest absolute Gasteiger partial charge is 0.454 e. The molecule has 11 heteroatoms. The van der Waals surface area contributed by atoms with Gasteiger partial charge < -0.3 is 18.9 Å². The monoisotopic (exact) mass is 1080 g/mol. The van der Waals surface area contributed by atoms with Crippen LogP contribution in [-0.4, -0.2) is 24.5 Å². The highest BCUT2D eigenvalue weighted by Gasteiger charge is 2.35. The molecule has 0 radical (unpaired) electrons. The molecule has 6 nitrogen and oxygen atoms in total. The SMILES string of the molecule is C.C.CC/C=C\C/C=C\C/C=C\C/C=C\C/C=C\C/C=C\CCC1OC(=O)c2cc(-c3ccc(F)cc3F)ccc2O1.CC/C=C\C/C=C\C/C=C\C/C=C\C/C=C\C/C=C\CCC1OC(=O)c2ccc(C(F)(F)F)cc2O1. The molecule has 0 aliphatic carbocycles. The van der Waals surface area contributed by atoms with Gasteiger partial charge in [-0.05, 0) is 138 Å². The van der Waals surface area contributed by atoms with Gasteiger partial charge in [0.2, 0.25) is 12.6 Å². The third-order valence-electron chi connectivity index (χ3n) is 11.3. The Morgan fingerprint density at radius 3 is 1.18 bits per heavy atom. The van der Waals surface area contributed by atoms with Crippen LogP contribution >= 0.6 is 0 Å². The highest BCUT2D eigenvalue weighted by molar-refractivity contribution is 5.95. The van der Waals surface area contributed by atoms with E-state index >= 15 is 0 Å². The Morgan fingerprint density at radius 2 is 0.782 bits per heavy atom. The number of hydrogen-bond donors (Lipinski definition) is 0. The molecule has 0 amide bonds. The first-order valence-electron chi connectivity index (χ1n) is 26.4. The van der Waals surface area contributed by atoms with E-state index in [-0.39, 0.29) is 37.3 Å². The fourth-order valence-corrected chi connectivity index (χ4v) is 7.32. The summed E-state index contributed by atoms with van der Waals surface area (Å²) < 4.78 is 87.9. The van der Waals surface area contributed by atoms with E-state index in [9.17, 15) is 31.5 Å². The molecule has 2 aliphatic heterocycles. The second kappa shape index (κ2) is 40.0. The number of alkyl halides is 3. The summed E-state index contributed by atoms with van der Waals surface area (Å²) >= 11 is 0. The first kappa shape index (κ1) is 66.8. The fraction of sp³-hybridized carbons (Fsp3) is 0.343. The van der Waals surface area contributed by atoms with Gasteiger partial charge in [0, 0.05) is 24.5 Å². The Labute approximate surface area is 462 Å². The number of halogens is 5. The Balaban J connectivity index is 0.000000523. The van der Waals surface area contributed by atoms with Crippen LogP contribution in [0.3, 0.4) is 0 Å². The van der Waals surface area contributed by atoms with Crippen molar-refractivity contribution in [2.75, 3.05) is 0 Å². The molecule has 2 aliphatic rings. The lowest BCUT2D eigenvalue weighted by Gasteiger charge is -2.26. The van der Waals surface area contributed by atoms with Crippen molar-refractivity contribution >= 4 is 11.9 Å². The predicted octanol–water partition coefficient (Wildman–Crippen LogP) is 20.3. The molecule has 3 aromatic rings. The van der Waals surface area contributed by atoms with E-state index in [1.165, 1.54) is 18.2 Å². The minimum Gasteiger partial charge on any atom is -0.454 e. The standard InChI is InChI=1S/C35H38F2O3.C30H35F3O3.2CH4/c1-2-3-4-5-6-7-8-9-10-11-12-13-14-15-16-17-18-19-20-21-34-39-33-25-22-28(26-31(33)35(38)40-34)30-24-23-29(36)27-32(30)37;1-2-3-4-5-6-7-8-9-10-11-12-13-14-15-16-17-18-19-20-21-28-35-27-24-25(30(31,32)33)22-23-26(27)29(34)36-28;;/h3-4,6-7,9-10,12-13,15-16,18-19,22-27,34H,2,5,8,11,14,17,20-21H2,1H3;3-4,6-7,9-10,12-13,15-16,18-19,22-24,28H,2,5,8,11,14,17,20-21H2,1H3;2*1H4/b2*4-3-,7-6-,10-9-,13-12-,16-15-,19-18-;;. The van der Waals surface area contributed by atoms with Crippen LogP contribution in [0.5, 0.6) is 11.5 Å². The first-order valence-corrected chi connectivity index (χ1v) is 26.4. The van der Waals surface area contributed by atoms with Crippen molar-refractivity contribution in [1.82, 2.24) is 0 Å². The topological polar surface area (TPSA) is 71.1 Å². The number of cyclic esters (lactones) is 2. The lowest BCUT2D eigenvalue weighted by Crippen LogP contribution is -2.30. The molecule has 78 heavy (non-hydrogen) atoms. The van der Waals surface area contributed by atoms with Gasteiger partial charge in [-0.2, -0.15) is 13.2 Å². The van der Waals surface area contributed by atoms with Gasteiger partial charge in [-0.3, -0.25) is 0 Å². The lowest BCUT2D eigenvalue weighted by molar-refractivity contribution is -0.138. The van der Waals surface area contributed by atoms with Crippen LogP contribution in [-0.2, 0) is 15.7 Å². The molecule has 0 spiro atoms. The zero-order valence-corrected chi connectivity index (χ0v) is 43.9. The van der Waals surface area contributed by atoms with Gasteiger partial charge in [0.1, 0.15) is 34.3 Å². The fourth-order valence-electron chi connectivity index (χ4n) is 7.32. The Morgan fingerprint density at radius 1 is 0.410 bits per heavy atom. The van der Waals surface area contributed by atoms with Gasteiger partial charge in [-0.15, -0.1) is 0 Å². The van der Waals surface area contributed by atoms with Crippen molar-refractivity contribution < 1.29 is 50.5 Å². The molecule has 0 fully saturated rings. The van der Waals surface area contributed by atoms with Crippen LogP contribution in [0.15, 0.2) is 200 Å². The minimum absolute atomic E-state index is 0. The van der Waals surface area contributed by atoms with Gasteiger partial charge in [0.25, 0.3) is 0 Å². The van der Waals surface area contributed by atoms with Gasteiger partial charge in [-0.25, -0.2) is 18.4 Å². The van der Waals surface area contributed by atoms with Crippen molar-refractivity contribution in [2.45, 2.75) is 150 Å². The summed E-state index contributed by atoms with van der Waals surface area (Å²) in [4.78, 5) is 24.6. The average molecular weight is 1080 g/mol. The maximum atomic E-state index is 14.1. The van der Waals surface area contributed by atoms with Crippen molar-refractivity contribution in [3.05, 3.63) is 229 Å². The molecule has 0 N–H and O–H groups in total. The van der Waals surface area contributed by atoms with Crippen LogP contribution < -0.4 is 9.47 Å². The van der Waals surface area contributed by atoms with Gasteiger partial charge in [0.15, 0.2) is 0 Å². The molecule has 3 aromatic carbocycles. The smallest absolute Gasteiger partial charge is 0.416 e. The van der Waals surface area contributed by atoms with Crippen LogP contribution in [0, 0.1) is 11.6 Å². The summed E-state index contributed by atoms with van der Waals surface area (Å²) in [5.41, 5.74) is 0.0382. The number of ether oxygens (including phenoxy) is 4. The van der Waals surface area contributed by atoms with Crippen molar-refractivity contribution in [2.24, 2.45) is 0 Å². The number of hydrogen-bond acceptors (Lipinski definition) is 6. The summed E-state index contributed by atoms with van der Waals surface area (Å²) in [7, 11) is 0. The quantitative estimate of drug-likeness (QED) is 0.0392. The molecule has 0 saturated heterocycles. The number of fused-ring (bicyclic) bond motifs is 2. The molecular formula is C67H81F5O6. The molecule has 0 saturated carbocycles. The van der Waals surface area contributed by atoms with Gasteiger partial charge >= 0.3 is 18.1 Å².